The van der Waals surface area contributed by atoms with E-state index in [1.807, 2.05) is 13.8 Å². The summed E-state index contributed by atoms with van der Waals surface area (Å²) in [5.41, 5.74) is 0.224. The second-order valence-electron chi connectivity index (χ2n) is 3.81. The van der Waals surface area contributed by atoms with Crippen LogP contribution < -0.4 is 5.32 Å². The molecule has 0 saturated carbocycles. The van der Waals surface area contributed by atoms with Gasteiger partial charge in [0.25, 0.3) is 5.91 Å². The van der Waals surface area contributed by atoms with Crippen molar-refractivity contribution in [2.45, 2.75) is 32.9 Å². The SMILES string of the molecule is CC(C)n1ccc(C(=O)N[C@@H](C)C(=O)O)n1. The highest BCUT2D eigenvalue weighted by Gasteiger charge is 2.17. The molecule has 0 aromatic carbocycles. The van der Waals surface area contributed by atoms with Crippen LogP contribution in [0.1, 0.15) is 37.3 Å². The number of hydrogen-bond acceptors (Lipinski definition) is 3. The number of carbonyl (C=O) groups is 2. The van der Waals surface area contributed by atoms with Gasteiger partial charge in [0.2, 0.25) is 0 Å². The molecule has 1 heterocycles. The first-order chi connectivity index (χ1) is 7.41. The number of carboxylic acid groups (broad SMARTS) is 1. The maximum atomic E-state index is 11.5. The fraction of sp³-hybridized carbons (Fsp3) is 0.500. The summed E-state index contributed by atoms with van der Waals surface area (Å²) in [7, 11) is 0. The van der Waals surface area contributed by atoms with E-state index in [9.17, 15) is 9.59 Å². The van der Waals surface area contributed by atoms with Gasteiger partial charge in [-0.1, -0.05) is 0 Å². The number of hydrogen-bond donors (Lipinski definition) is 2. The Labute approximate surface area is 93.3 Å². The Morgan fingerprint density at radius 2 is 2.06 bits per heavy atom. The molecule has 0 aliphatic rings. The molecule has 1 rings (SSSR count). The Hall–Kier alpha value is -1.85. The first kappa shape index (κ1) is 12.2. The van der Waals surface area contributed by atoms with Crippen molar-refractivity contribution >= 4 is 11.9 Å². The van der Waals surface area contributed by atoms with Crippen LogP contribution in [0.3, 0.4) is 0 Å². The molecule has 6 nitrogen and oxygen atoms in total. The van der Waals surface area contributed by atoms with Gasteiger partial charge in [-0.05, 0) is 26.8 Å². The summed E-state index contributed by atoms with van der Waals surface area (Å²) in [4.78, 5) is 22.1. The third-order valence-electron chi connectivity index (χ3n) is 2.09. The van der Waals surface area contributed by atoms with Crippen LogP contribution in [-0.4, -0.2) is 32.8 Å². The van der Waals surface area contributed by atoms with Gasteiger partial charge in [-0.25, -0.2) is 0 Å². The number of amides is 1. The lowest BCUT2D eigenvalue weighted by Gasteiger charge is -2.07. The number of nitrogens with zero attached hydrogens (tertiary/aromatic N) is 2. The molecule has 88 valence electrons. The minimum Gasteiger partial charge on any atom is -0.480 e. The molecular formula is C10H15N3O3. The first-order valence-corrected chi connectivity index (χ1v) is 5.00. The highest BCUT2D eigenvalue weighted by Crippen LogP contribution is 2.04. The minimum atomic E-state index is -1.07. The number of aromatic nitrogens is 2. The Morgan fingerprint density at radius 3 is 2.50 bits per heavy atom. The highest BCUT2D eigenvalue weighted by atomic mass is 16.4. The molecule has 0 bridgehead atoms. The Balaban J connectivity index is 2.70. The van der Waals surface area contributed by atoms with E-state index < -0.39 is 17.9 Å². The third kappa shape index (κ3) is 2.82. The van der Waals surface area contributed by atoms with Gasteiger partial charge in [0.1, 0.15) is 11.7 Å². The maximum absolute atomic E-state index is 11.5. The average Bonchev–Trinajstić information content (AvgIpc) is 2.65. The van der Waals surface area contributed by atoms with Crippen LogP contribution in [0.5, 0.6) is 0 Å². The summed E-state index contributed by atoms with van der Waals surface area (Å²) in [5, 5.41) is 15.0. The van der Waals surface area contributed by atoms with Crippen molar-refractivity contribution in [3.05, 3.63) is 18.0 Å². The van der Waals surface area contributed by atoms with Crippen molar-refractivity contribution in [3.8, 4) is 0 Å². The molecule has 0 aliphatic carbocycles. The molecule has 1 aromatic rings. The van der Waals surface area contributed by atoms with E-state index in [1.54, 1.807) is 16.9 Å². The standard InChI is InChI=1S/C10H15N3O3/c1-6(2)13-5-4-8(12-13)9(14)11-7(3)10(15)16/h4-7H,1-3H3,(H,11,14)(H,15,16)/t7-/m0/s1. The lowest BCUT2D eigenvalue weighted by molar-refractivity contribution is -0.138. The van der Waals surface area contributed by atoms with Crippen LogP contribution in [0, 0.1) is 0 Å². The Kier molecular flexibility index (Phi) is 3.65. The van der Waals surface area contributed by atoms with Crippen LogP contribution in [0.4, 0.5) is 0 Å². The van der Waals surface area contributed by atoms with Gasteiger partial charge in [-0.15, -0.1) is 0 Å². The first-order valence-electron chi connectivity index (χ1n) is 5.00. The minimum absolute atomic E-state index is 0.165. The molecule has 1 atom stereocenters. The van der Waals surface area contributed by atoms with E-state index in [4.69, 9.17) is 5.11 Å². The van der Waals surface area contributed by atoms with E-state index in [-0.39, 0.29) is 11.7 Å². The van der Waals surface area contributed by atoms with E-state index >= 15 is 0 Å². The van der Waals surface area contributed by atoms with Gasteiger partial charge in [-0.3, -0.25) is 14.3 Å². The van der Waals surface area contributed by atoms with Crippen LogP contribution in [0.2, 0.25) is 0 Å². The zero-order valence-corrected chi connectivity index (χ0v) is 9.47. The number of carboxylic acids is 1. The van der Waals surface area contributed by atoms with Gasteiger partial charge in [0, 0.05) is 12.2 Å². The fourth-order valence-corrected chi connectivity index (χ4v) is 1.08. The zero-order valence-electron chi connectivity index (χ0n) is 9.47. The molecule has 1 aromatic heterocycles. The predicted octanol–water partition coefficient (Wildman–Crippen LogP) is 0.667. The van der Waals surface area contributed by atoms with Crippen molar-refractivity contribution in [2.24, 2.45) is 0 Å². The molecule has 0 spiro atoms. The molecule has 0 aliphatic heterocycles. The summed E-state index contributed by atoms with van der Waals surface area (Å²) in [6, 6.07) is 0.805. The highest BCUT2D eigenvalue weighted by molar-refractivity contribution is 5.94. The van der Waals surface area contributed by atoms with Crippen LogP contribution in [0.25, 0.3) is 0 Å². The maximum Gasteiger partial charge on any atom is 0.325 e. The van der Waals surface area contributed by atoms with Gasteiger partial charge in [-0.2, -0.15) is 5.10 Å². The van der Waals surface area contributed by atoms with E-state index in [2.05, 4.69) is 10.4 Å². The van der Waals surface area contributed by atoms with E-state index in [0.29, 0.717) is 0 Å². The monoisotopic (exact) mass is 225 g/mol. The Morgan fingerprint density at radius 1 is 1.44 bits per heavy atom. The van der Waals surface area contributed by atoms with Crippen molar-refractivity contribution in [2.75, 3.05) is 0 Å². The Bertz CT molecular complexity index is 398. The molecular weight excluding hydrogens is 210 g/mol. The largest absolute Gasteiger partial charge is 0.480 e. The lowest BCUT2D eigenvalue weighted by Crippen LogP contribution is -2.38. The molecule has 0 radical (unpaired) electrons. The molecule has 0 saturated heterocycles. The number of carbonyl (C=O) groups excluding carboxylic acids is 1. The van der Waals surface area contributed by atoms with Crippen LogP contribution in [0.15, 0.2) is 12.3 Å². The lowest BCUT2D eigenvalue weighted by atomic mass is 10.3. The van der Waals surface area contributed by atoms with Gasteiger partial charge in [0.15, 0.2) is 0 Å². The van der Waals surface area contributed by atoms with E-state index in [0.717, 1.165) is 0 Å². The molecule has 0 unspecified atom stereocenters. The second-order valence-corrected chi connectivity index (χ2v) is 3.81. The summed E-state index contributed by atoms with van der Waals surface area (Å²) < 4.78 is 1.64. The molecule has 1 amide bonds. The molecule has 2 N–H and O–H groups in total. The van der Waals surface area contributed by atoms with Gasteiger partial charge < -0.3 is 10.4 Å². The number of nitrogens with one attached hydrogen (secondary N) is 1. The summed E-state index contributed by atoms with van der Waals surface area (Å²) in [6.45, 7) is 5.28. The fourth-order valence-electron chi connectivity index (χ4n) is 1.08. The normalized spacial score (nSPS) is 12.5. The van der Waals surface area contributed by atoms with Crippen molar-refractivity contribution in [1.29, 1.82) is 0 Å². The molecule has 6 heteroatoms. The van der Waals surface area contributed by atoms with Crippen LogP contribution in [-0.2, 0) is 4.79 Å². The topological polar surface area (TPSA) is 84.2 Å². The molecule has 16 heavy (non-hydrogen) atoms. The van der Waals surface area contributed by atoms with Crippen molar-refractivity contribution < 1.29 is 14.7 Å². The van der Waals surface area contributed by atoms with Gasteiger partial charge in [0.05, 0.1) is 0 Å². The third-order valence-corrected chi connectivity index (χ3v) is 2.09. The predicted molar refractivity (Wildman–Crippen MR) is 57.2 cm³/mol. The van der Waals surface area contributed by atoms with Crippen LogP contribution >= 0.6 is 0 Å². The van der Waals surface area contributed by atoms with Crippen molar-refractivity contribution in [3.63, 3.8) is 0 Å². The summed E-state index contributed by atoms with van der Waals surface area (Å²) in [6.07, 6.45) is 1.69. The quantitative estimate of drug-likeness (QED) is 0.788. The second kappa shape index (κ2) is 4.78. The number of aliphatic carboxylic acids is 1. The average molecular weight is 225 g/mol. The smallest absolute Gasteiger partial charge is 0.325 e. The number of rotatable bonds is 4. The zero-order chi connectivity index (χ0) is 12.3. The molecule has 0 fully saturated rings. The van der Waals surface area contributed by atoms with E-state index in [1.165, 1.54) is 6.92 Å². The van der Waals surface area contributed by atoms with Gasteiger partial charge >= 0.3 is 5.97 Å². The summed E-state index contributed by atoms with van der Waals surface area (Å²) >= 11 is 0. The van der Waals surface area contributed by atoms with Crippen molar-refractivity contribution in [1.82, 2.24) is 15.1 Å². The summed E-state index contributed by atoms with van der Waals surface area (Å²) in [5.74, 6) is -1.55.